The van der Waals surface area contributed by atoms with E-state index in [0.29, 0.717) is 18.4 Å². The molecule has 2 atom stereocenters. The number of benzene rings is 2. The van der Waals surface area contributed by atoms with Crippen LogP contribution in [0.25, 0.3) is 0 Å². The topological polar surface area (TPSA) is 29.5 Å². The van der Waals surface area contributed by atoms with Crippen molar-refractivity contribution in [1.82, 2.24) is 0 Å². The van der Waals surface area contributed by atoms with Gasteiger partial charge in [0.25, 0.3) is 8.32 Å². The van der Waals surface area contributed by atoms with Gasteiger partial charge in [0, 0.05) is 13.2 Å². The fraction of sp³-hybridized carbons (Fsp3) is 0.538. The second kappa shape index (κ2) is 11.1. The van der Waals surface area contributed by atoms with Crippen molar-refractivity contribution in [3.63, 3.8) is 0 Å². The number of aliphatic hydroxyl groups excluding tert-OH is 1. The van der Waals surface area contributed by atoms with E-state index in [4.69, 9.17) is 9.53 Å². The van der Waals surface area contributed by atoms with Gasteiger partial charge < -0.3 is 9.53 Å². The molecule has 0 aliphatic heterocycles. The van der Waals surface area contributed by atoms with Crippen LogP contribution in [0.3, 0.4) is 0 Å². The van der Waals surface area contributed by atoms with E-state index in [2.05, 4.69) is 95.3 Å². The predicted octanol–water partition coefficient (Wildman–Crippen LogP) is 5.39. The van der Waals surface area contributed by atoms with Gasteiger partial charge in [0.2, 0.25) is 0 Å². The van der Waals surface area contributed by atoms with Crippen LogP contribution in [-0.4, -0.2) is 26.6 Å². The molecule has 0 spiro atoms. The van der Waals surface area contributed by atoms with Crippen molar-refractivity contribution in [2.24, 2.45) is 11.8 Å². The van der Waals surface area contributed by atoms with Gasteiger partial charge in [-0.1, -0.05) is 108 Å². The first-order chi connectivity index (χ1) is 13.8. The van der Waals surface area contributed by atoms with E-state index in [1.807, 2.05) is 0 Å². The summed E-state index contributed by atoms with van der Waals surface area (Å²) in [4.78, 5) is 0. The lowest BCUT2D eigenvalue weighted by Crippen LogP contribution is -2.66. The molecule has 0 saturated heterocycles. The molecule has 2 aromatic rings. The molecule has 0 amide bonds. The maximum absolute atomic E-state index is 9.10. The van der Waals surface area contributed by atoms with Gasteiger partial charge in [0.15, 0.2) is 0 Å². The molecule has 3 heteroatoms. The highest BCUT2D eigenvalue weighted by Crippen LogP contribution is 2.37. The Labute approximate surface area is 179 Å². The molecule has 1 N–H and O–H groups in total. The maximum atomic E-state index is 9.10. The highest BCUT2D eigenvalue weighted by Gasteiger charge is 2.50. The van der Waals surface area contributed by atoms with Crippen molar-refractivity contribution < 1.29 is 9.53 Å². The SMILES string of the molecule is C[C@H](CCO)CCC[C@@H](C)CO[Si](c1ccccc1)(c1ccccc1)C(C)(C)C. The molecule has 160 valence electrons. The molecule has 0 aliphatic carbocycles. The summed E-state index contributed by atoms with van der Waals surface area (Å²) < 4.78 is 7.03. The zero-order valence-electron chi connectivity index (χ0n) is 19.0. The van der Waals surface area contributed by atoms with E-state index < -0.39 is 8.32 Å². The fourth-order valence-electron chi connectivity index (χ4n) is 4.29. The first-order valence-electron chi connectivity index (χ1n) is 11.2. The molecule has 0 aromatic heterocycles. The minimum Gasteiger partial charge on any atom is -0.407 e. The molecule has 0 aliphatic rings. The van der Waals surface area contributed by atoms with E-state index in [0.717, 1.165) is 13.0 Å². The Morgan fingerprint density at radius 3 is 1.72 bits per heavy atom. The summed E-state index contributed by atoms with van der Waals surface area (Å²) in [5.74, 6) is 1.13. The van der Waals surface area contributed by atoms with Crippen molar-refractivity contribution in [2.75, 3.05) is 13.2 Å². The van der Waals surface area contributed by atoms with E-state index in [1.54, 1.807) is 0 Å². The summed E-state index contributed by atoms with van der Waals surface area (Å²) in [6.07, 6.45) is 4.47. The van der Waals surface area contributed by atoms with Crippen molar-refractivity contribution >= 4 is 18.7 Å². The minimum atomic E-state index is -2.42. The van der Waals surface area contributed by atoms with Crippen LogP contribution in [0.5, 0.6) is 0 Å². The first-order valence-corrected chi connectivity index (χ1v) is 13.1. The van der Waals surface area contributed by atoms with Crippen LogP contribution in [0.1, 0.15) is 60.3 Å². The third-order valence-electron chi connectivity index (χ3n) is 6.02. The molecule has 0 fully saturated rings. The standard InChI is InChI=1S/C26H40O2Si/c1-22(19-20-27)13-12-14-23(2)21-28-29(26(3,4)5,24-15-8-6-9-16-24)25-17-10-7-11-18-25/h6-11,15-18,22-23,27H,12-14,19-21H2,1-5H3/t22-,23+/m0/s1. The molecule has 0 unspecified atom stereocenters. The third kappa shape index (κ3) is 6.28. The largest absolute Gasteiger partial charge is 0.407 e. The lowest BCUT2D eigenvalue weighted by molar-refractivity contribution is 0.228. The second-order valence-electron chi connectivity index (χ2n) is 9.63. The Morgan fingerprint density at radius 1 is 0.793 bits per heavy atom. The average molecular weight is 413 g/mol. The van der Waals surface area contributed by atoms with Crippen molar-refractivity contribution in [3.05, 3.63) is 60.7 Å². The molecule has 2 rings (SSSR count). The minimum absolute atomic E-state index is 0.0328. The maximum Gasteiger partial charge on any atom is 0.261 e. The molecule has 29 heavy (non-hydrogen) atoms. The van der Waals surface area contributed by atoms with Crippen LogP contribution in [0.2, 0.25) is 5.04 Å². The molecular formula is C26H40O2Si. The van der Waals surface area contributed by atoms with E-state index in [1.165, 1.54) is 29.6 Å². The van der Waals surface area contributed by atoms with Crippen molar-refractivity contribution in [1.29, 1.82) is 0 Å². The Bertz CT molecular complexity index is 654. The highest BCUT2D eigenvalue weighted by atomic mass is 28.4. The Balaban J connectivity index is 2.21. The summed E-state index contributed by atoms with van der Waals surface area (Å²) in [6, 6.07) is 21.8. The summed E-state index contributed by atoms with van der Waals surface area (Å²) in [5, 5.41) is 11.8. The summed E-state index contributed by atoms with van der Waals surface area (Å²) in [5.41, 5.74) is 0. The van der Waals surface area contributed by atoms with Gasteiger partial charge in [-0.2, -0.15) is 0 Å². The zero-order chi connectivity index (χ0) is 21.3. The van der Waals surface area contributed by atoms with Gasteiger partial charge in [-0.3, -0.25) is 0 Å². The van der Waals surface area contributed by atoms with Gasteiger partial charge >= 0.3 is 0 Å². The van der Waals surface area contributed by atoms with Crippen LogP contribution in [0.15, 0.2) is 60.7 Å². The second-order valence-corrected chi connectivity index (χ2v) is 13.9. The van der Waals surface area contributed by atoms with Gasteiger partial charge in [-0.15, -0.1) is 0 Å². The Morgan fingerprint density at radius 2 is 1.28 bits per heavy atom. The number of rotatable bonds is 11. The molecule has 0 heterocycles. The van der Waals surface area contributed by atoms with Crippen LogP contribution < -0.4 is 10.4 Å². The number of aliphatic hydroxyl groups is 1. The average Bonchev–Trinajstić information content (AvgIpc) is 2.69. The first kappa shape index (κ1) is 23.9. The lowest BCUT2D eigenvalue weighted by Gasteiger charge is -2.43. The van der Waals surface area contributed by atoms with Crippen molar-refractivity contribution in [2.45, 2.75) is 65.3 Å². The zero-order valence-corrected chi connectivity index (χ0v) is 20.0. The van der Waals surface area contributed by atoms with Crippen LogP contribution in [0.4, 0.5) is 0 Å². The lowest BCUT2D eigenvalue weighted by atomic mass is 9.97. The number of hydrogen-bond donors (Lipinski definition) is 1. The summed E-state index contributed by atoms with van der Waals surface area (Å²) in [6.45, 7) is 12.6. The van der Waals surface area contributed by atoms with Crippen LogP contribution >= 0.6 is 0 Å². The molecule has 0 bridgehead atoms. The molecule has 0 saturated carbocycles. The van der Waals surface area contributed by atoms with E-state index >= 15 is 0 Å². The predicted molar refractivity (Wildman–Crippen MR) is 127 cm³/mol. The van der Waals surface area contributed by atoms with Gasteiger partial charge in [0.05, 0.1) is 0 Å². The van der Waals surface area contributed by atoms with Crippen molar-refractivity contribution in [3.8, 4) is 0 Å². The fourth-order valence-corrected chi connectivity index (χ4v) is 8.98. The summed E-state index contributed by atoms with van der Waals surface area (Å²) >= 11 is 0. The van der Waals surface area contributed by atoms with E-state index in [-0.39, 0.29) is 5.04 Å². The summed E-state index contributed by atoms with van der Waals surface area (Å²) in [7, 11) is -2.42. The smallest absolute Gasteiger partial charge is 0.261 e. The normalized spacial score (nSPS) is 14.6. The van der Waals surface area contributed by atoms with Gasteiger partial charge in [-0.05, 0) is 40.1 Å². The van der Waals surface area contributed by atoms with Gasteiger partial charge in [0.1, 0.15) is 0 Å². The monoisotopic (exact) mass is 412 g/mol. The quantitative estimate of drug-likeness (QED) is 0.502. The third-order valence-corrected chi connectivity index (χ3v) is 11.0. The van der Waals surface area contributed by atoms with Crippen LogP contribution in [0, 0.1) is 11.8 Å². The molecule has 0 radical (unpaired) electrons. The van der Waals surface area contributed by atoms with Gasteiger partial charge in [-0.25, -0.2) is 0 Å². The Hall–Kier alpha value is -1.42. The van der Waals surface area contributed by atoms with Crippen LogP contribution in [-0.2, 0) is 4.43 Å². The van der Waals surface area contributed by atoms with E-state index in [9.17, 15) is 0 Å². The number of hydrogen-bond acceptors (Lipinski definition) is 2. The highest BCUT2D eigenvalue weighted by molar-refractivity contribution is 6.99. The molecule has 2 aromatic carbocycles. The Kier molecular flexibility index (Phi) is 9.13. The molecular weight excluding hydrogens is 372 g/mol. The molecule has 2 nitrogen and oxygen atoms in total.